The molecule has 0 radical (unpaired) electrons. The van der Waals surface area contributed by atoms with Crippen LogP contribution in [0, 0.1) is 0 Å². The third kappa shape index (κ3) is 5.44. The maximum atomic E-state index is 5.81. The largest absolute Gasteiger partial charge is 0.399 e. The minimum absolute atomic E-state index is 0.325. The van der Waals surface area contributed by atoms with Gasteiger partial charge in [0.25, 0.3) is 0 Å². The van der Waals surface area contributed by atoms with E-state index in [1.807, 2.05) is 6.07 Å². The Bertz CT molecular complexity index is 264. The quantitative estimate of drug-likeness (QED) is 0.511. The SMILES string of the molecule is CCCO[SiH2]OC(CC)Cc1ccccc1. The van der Waals surface area contributed by atoms with Gasteiger partial charge in [-0.1, -0.05) is 44.2 Å². The minimum atomic E-state index is -0.774. The Morgan fingerprint density at radius 1 is 1.19 bits per heavy atom. The van der Waals surface area contributed by atoms with E-state index in [1.54, 1.807) is 0 Å². The van der Waals surface area contributed by atoms with Gasteiger partial charge in [-0.3, -0.25) is 0 Å². The zero-order chi connectivity index (χ0) is 11.6. The van der Waals surface area contributed by atoms with Crippen molar-refractivity contribution in [3.05, 3.63) is 35.9 Å². The lowest BCUT2D eigenvalue weighted by Gasteiger charge is -2.16. The zero-order valence-corrected chi connectivity index (χ0v) is 11.7. The van der Waals surface area contributed by atoms with Crippen molar-refractivity contribution in [2.24, 2.45) is 0 Å². The Morgan fingerprint density at radius 2 is 1.94 bits per heavy atom. The van der Waals surface area contributed by atoms with Gasteiger partial charge in [0, 0.05) is 6.61 Å². The van der Waals surface area contributed by atoms with E-state index in [0.717, 1.165) is 25.9 Å². The van der Waals surface area contributed by atoms with E-state index in [0.29, 0.717) is 6.10 Å². The van der Waals surface area contributed by atoms with Gasteiger partial charge in [-0.2, -0.15) is 0 Å². The topological polar surface area (TPSA) is 18.5 Å². The number of hydrogen-bond acceptors (Lipinski definition) is 2. The number of rotatable bonds is 8. The first-order valence-corrected chi connectivity index (χ1v) is 7.25. The highest BCUT2D eigenvalue weighted by molar-refractivity contribution is 6.18. The fourth-order valence-corrected chi connectivity index (χ4v) is 2.59. The maximum absolute atomic E-state index is 5.81. The van der Waals surface area contributed by atoms with Crippen LogP contribution in [0.25, 0.3) is 0 Å². The van der Waals surface area contributed by atoms with Gasteiger partial charge < -0.3 is 8.85 Å². The Morgan fingerprint density at radius 3 is 2.56 bits per heavy atom. The number of hydrogen-bond donors (Lipinski definition) is 0. The molecule has 0 bridgehead atoms. The standard InChI is InChI=1S/C13H22O2Si/c1-3-10-14-16-15-13(4-2)11-12-8-6-5-7-9-12/h5-9,13H,3-4,10-11,16H2,1-2H3. The van der Waals surface area contributed by atoms with Crippen LogP contribution in [0.3, 0.4) is 0 Å². The van der Waals surface area contributed by atoms with Crippen molar-refractivity contribution in [2.45, 2.75) is 39.2 Å². The molecule has 0 aliphatic carbocycles. The molecule has 1 aromatic rings. The second-order valence-electron chi connectivity index (χ2n) is 3.91. The molecule has 2 nitrogen and oxygen atoms in total. The normalized spacial score (nSPS) is 13.4. The predicted octanol–water partition coefficient (Wildman–Crippen LogP) is 2.45. The fourth-order valence-electron chi connectivity index (χ4n) is 1.55. The molecule has 3 heteroatoms. The smallest absolute Gasteiger partial charge is 0.304 e. The van der Waals surface area contributed by atoms with Crippen LogP contribution in [0.2, 0.25) is 0 Å². The first-order valence-electron chi connectivity index (χ1n) is 6.10. The summed E-state index contributed by atoms with van der Waals surface area (Å²) in [5.74, 6) is 0. The summed E-state index contributed by atoms with van der Waals surface area (Å²) in [7, 11) is -0.774. The molecule has 1 aromatic carbocycles. The predicted molar refractivity (Wildman–Crippen MR) is 70.1 cm³/mol. The van der Waals surface area contributed by atoms with E-state index >= 15 is 0 Å². The average molecular weight is 238 g/mol. The fraction of sp³-hybridized carbons (Fsp3) is 0.538. The summed E-state index contributed by atoms with van der Waals surface area (Å²) in [5, 5.41) is 0. The van der Waals surface area contributed by atoms with Gasteiger partial charge in [-0.05, 0) is 24.8 Å². The van der Waals surface area contributed by atoms with Crippen LogP contribution in [0.1, 0.15) is 32.3 Å². The van der Waals surface area contributed by atoms with Gasteiger partial charge in [-0.25, -0.2) is 0 Å². The highest BCUT2D eigenvalue weighted by Gasteiger charge is 2.07. The van der Waals surface area contributed by atoms with Crippen LogP contribution in [0.4, 0.5) is 0 Å². The van der Waals surface area contributed by atoms with Crippen LogP contribution in [-0.4, -0.2) is 22.7 Å². The maximum Gasteiger partial charge on any atom is 0.304 e. The molecule has 0 saturated carbocycles. The molecule has 0 fully saturated rings. The van der Waals surface area contributed by atoms with Gasteiger partial charge in [0.2, 0.25) is 0 Å². The average Bonchev–Trinajstić information content (AvgIpc) is 2.34. The summed E-state index contributed by atoms with van der Waals surface area (Å²) in [6.45, 7) is 5.13. The molecule has 0 N–H and O–H groups in total. The Kier molecular flexibility index (Phi) is 7.13. The highest BCUT2D eigenvalue weighted by atomic mass is 28.3. The molecule has 1 atom stereocenters. The van der Waals surface area contributed by atoms with Crippen molar-refractivity contribution in [2.75, 3.05) is 6.61 Å². The summed E-state index contributed by atoms with van der Waals surface area (Å²) in [6, 6.07) is 10.5. The van der Waals surface area contributed by atoms with Gasteiger partial charge in [-0.15, -0.1) is 0 Å². The molecule has 0 aliphatic heterocycles. The summed E-state index contributed by atoms with van der Waals surface area (Å²) in [6.07, 6.45) is 3.45. The molecule has 0 aromatic heterocycles. The van der Waals surface area contributed by atoms with E-state index in [9.17, 15) is 0 Å². The number of benzene rings is 1. The molecule has 1 unspecified atom stereocenters. The van der Waals surface area contributed by atoms with E-state index in [2.05, 4.69) is 38.1 Å². The lowest BCUT2D eigenvalue weighted by molar-refractivity contribution is 0.151. The van der Waals surface area contributed by atoms with Crippen molar-refractivity contribution in [1.82, 2.24) is 0 Å². The lowest BCUT2D eigenvalue weighted by Crippen LogP contribution is -2.19. The van der Waals surface area contributed by atoms with Crippen molar-refractivity contribution < 1.29 is 8.85 Å². The highest BCUT2D eigenvalue weighted by Crippen LogP contribution is 2.08. The summed E-state index contributed by atoms with van der Waals surface area (Å²) >= 11 is 0. The van der Waals surface area contributed by atoms with Gasteiger partial charge in [0.1, 0.15) is 0 Å². The Balaban J connectivity index is 2.26. The van der Waals surface area contributed by atoms with Crippen molar-refractivity contribution in [3.63, 3.8) is 0 Å². The second kappa shape index (κ2) is 8.50. The van der Waals surface area contributed by atoms with E-state index in [4.69, 9.17) is 8.85 Å². The molecular formula is C13H22O2Si. The Labute approximate surface area is 101 Å². The molecule has 0 aliphatic rings. The monoisotopic (exact) mass is 238 g/mol. The second-order valence-corrected chi connectivity index (χ2v) is 4.89. The zero-order valence-electron chi connectivity index (χ0n) is 10.3. The lowest BCUT2D eigenvalue weighted by atomic mass is 10.1. The molecule has 16 heavy (non-hydrogen) atoms. The molecule has 0 amide bonds. The van der Waals surface area contributed by atoms with Crippen LogP contribution in [-0.2, 0) is 15.3 Å². The first kappa shape index (κ1) is 13.4. The van der Waals surface area contributed by atoms with Crippen molar-refractivity contribution >= 4 is 10.0 Å². The van der Waals surface area contributed by atoms with E-state index in [1.165, 1.54) is 5.56 Å². The van der Waals surface area contributed by atoms with Gasteiger partial charge >= 0.3 is 10.0 Å². The molecule has 0 heterocycles. The third-order valence-corrected chi connectivity index (χ3v) is 3.56. The Hall–Kier alpha value is -0.643. The molecular weight excluding hydrogens is 216 g/mol. The molecule has 90 valence electrons. The van der Waals surface area contributed by atoms with Crippen LogP contribution in [0.15, 0.2) is 30.3 Å². The molecule has 0 spiro atoms. The summed E-state index contributed by atoms with van der Waals surface area (Å²) < 4.78 is 11.3. The van der Waals surface area contributed by atoms with E-state index in [-0.39, 0.29) is 0 Å². The van der Waals surface area contributed by atoms with Crippen LogP contribution in [0.5, 0.6) is 0 Å². The van der Waals surface area contributed by atoms with Crippen molar-refractivity contribution in [3.8, 4) is 0 Å². The summed E-state index contributed by atoms with van der Waals surface area (Å²) in [4.78, 5) is 0. The minimum Gasteiger partial charge on any atom is -0.399 e. The van der Waals surface area contributed by atoms with Crippen LogP contribution < -0.4 is 0 Å². The third-order valence-electron chi connectivity index (χ3n) is 2.50. The molecule has 0 saturated heterocycles. The van der Waals surface area contributed by atoms with Gasteiger partial charge in [0.05, 0.1) is 6.10 Å². The van der Waals surface area contributed by atoms with E-state index < -0.39 is 10.0 Å². The first-order chi connectivity index (χ1) is 7.86. The van der Waals surface area contributed by atoms with Crippen molar-refractivity contribution in [1.29, 1.82) is 0 Å². The molecule has 1 rings (SSSR count). The summed E-state index contributed by atoms with van der Waals surface area (Å²) in [5.41, 5.74) is 1.35. The van der Waals surface area contributed by atoms with Crippen LogP contribution >= 0.6 is 0 Å². The van der Waals surface area contributed by atoms with Gasteiger partial charge in [0.15, 0.2) is 0 Å².